The first kappa shape index (κ1) is 21.3. The van der Waals surface area contributed by atoms with E-state index in [2.05, 4.69) is 4.98 Å². The fourth-order valence-electron chi connectivity index (χ4n) is 3.48. The van der Waals surface area contributed by atoms with Crippen molar-refractivity contribution in [3.8, 4) is 22.8 Å². The number of benzene rings is 1. The van der Waals surface area contributed by atoms with Crippen LogP contribution in [0.25, 0.3) is 11.3 Å². The summed E-state index contributed by atoms with van der Waals surface area (Å²) in [6, 6.07) is 4.83. The van der Waals surface area contributed by atoms with Crippen molar-refractivity contribution in [3.63, 3.8) is 0 Å². The first-order valence-corrected chi connectivity index (χ1v) is 11.7. The molecule has 10 heteroatoms. The van der Waals surface area contributed by atoms with Crippen molar-refractivity contribution in [1.82, 2.24) is 9.55 Å². The maximum absolute atomic E-state index is 12.8. The molecule has 0 bridgehead atoms. The van der Waals surface area contributed by atoms with E-state index in [0.29, 0.717) is 49.6 Å². The molecule has 32 heavy (non-hydrogen) atoms. The topological polar surface area (TPSA) is 79.7 Å². The minimum Gasteiger partial charge on any atom is -0.492 e. The first-order valence-electron chi connectivity index (χ1n) is 10.1. The second kappa shape index (κ2) is 8.42. The maximum atomic E-state index is 12.8. The van der Waals surface area contributed by atoms with Gasteiger partial charge in [-0.3, -0.25) is 4.79 Å². The van der Waals surface area contributed by atoms with Gasteiger partial charge in [-0.05, 0) is 31.7 Å². The van der Waals surface area contributed by atoms with E-state index in [1.54, 1.807) is 23.6 Å². The number of pyridine rings is 1. The molecule has 166 valence electrons. The molecular formula is C22H18Cl2N2O5S. The number of rotatable bonds is 6. The molecule has 1 aromatic carbocycles. The van der Waals surface area contributed by atoms with Crippen LogP contribution < -0.4 is 14.9 Å². The third kappa shape index (κ3) is 3.98. The normalized spacial score (nSPS) is 16.7. The molecule has 1 saturated carbocycles. The zero-order chi connectivity index (χ0) is 22.4. The first-order chi connectivity index (χ1) is 15.4. The molecule has 2 aliphatic rings. The molecule has 1 aliphatic heterocycles. The van der Waals surface area contributed by atoms with Crippen LogP contribution in [0.5, 0.6) is 11.5 Å². The average molecular weight is 493 g/mol. The van der Waals surface area contributed by atoms with Crippen LogP contribution >= 0.6 is 34.5 Å². The Morgan fingerprint density at radius 1 is 1.31 bits per heavy atom. The molecule has 0 saturated heterocycles. The van der Waals surface area contributed by atoms with Crippen LogP contribution in [0, 0.1) is 5.92 Å². The molecule has 3 aromatic rings. The second-order valence-corrected chi connectivity index (χ2v) is 9.67. The number of carbonyl (C=O) groups excluding carboxylic acids is 1. The summed E-state index contributed by atoms with van der Waals surface area (Å²) in [5, 5.41) is 0.980. The van der Waals surface area contributed by atoms with Gasteiger partial charge in [0.2, 0.25) is 6.23 Å². The summed E-state index contributed by atoms with van der Waals surface area (Å²) in [6.07, 6.45) is 4.54. The summed E-state index contributed by atoms with van der Waals surface area (Å²) >= 11 is 13.8. The van der Waals surface area contributed by atoms with Crippen molar-refractivity contribution in [2.45, 2.75) is 26.0 Å². The number of ether oxygens (including phenoxy) is 3. The van der Waals surface area contributed by atoms with Gasteiger partial charge in [0, 0.05) is 23.9 Å². The van der Waals surface area contributed by atoms with Crippen LogP contribution in [0.1, 0.15) is 41.4 Å². The van der Waals surface area contributed by atoms with E-state index in [4.69, 9.17) is 37.4 Å². The molecule has 7 nitrogen and oxygen atoms in total. The Morgan fingerprint density at radius 3 is 2.81 bits per heavy atom. The summed E-state index contributed by atoms with van der Waals surface area (Å²) in [6.45, 7) is 2.44. The van der Waals surface area contributed by atoms with Crippen LogP contribution in [-0.2, 0) is 4.74 Å². The molecular weight excluding hydrogens is 475 g/mol. The highest BCUT2D eigenvalue weighted by Crippen LogP contribution is 2.45. The second-order valence-electron chi connectivity index (χ2n) is 7.57. The predicted octanol–water partition coefficient (Wildman–Crippen LogP) is 5.18. The minimum absolute atomic E-state index is 0.0919. The largest absolute Gasteiger partial charge is 0.492 e. The van der Waals surface area contributed by atoms with Gasteiger partial charge in [-0.15, -0.1) is 11.3 Å². The van der Waals surface area contributed by atoms with Gasteiger partial charge in [-0.1, -0.05) is 23.2 Å². The smallest absolute Gasteiger partial charge is 0.343 e. The number of hydrogen-bond acceptors (Lipinski definition) is 7. The highest BCUT2D eigenvalue weighted by Gasteiger charge is 2.32. The van der Waals surface area contributed by atoms with E-state index in [9.17, 15) is 9.59 Å². The Balaban J connectivity index is 1.64. The van der Waals surface area contributed by atoms with Crippen molar-refractivity contribution in [3.05, 3.63) is 60.7 Å². The lowest BCUT2D eigenvalue weighted by Gasteiger charge is -2.30. The van der Waals surface area contributed by atoms with Gasteiger partial charge in [0.25, 0.3) is 0 Å². The number of esters is 1. The molecule has 0 N–H and O–H groups in total. The van der Waals surface area contributed by atoms with Crippen LogP contribution in [0.3, 0.4) is 0 Å². The number of thiazole rings is 1. The van der Waals surface area contributed by atoms with Gasteiger partial charge in [0.1, 0.15) is 21.4 Å². The van der Waals surface area contributed by atoms with Gasteiger partial charge < -0.3 is 18.8 Å². The molecule has 3 heterocycles. The lowest BCUT2D eigenvalue weighted by Crippen LogP contribution is -2.28. The number of fused-ring (bicyclic) bond motifs is 3. The highest BCUT2D eigenvalue weighted by atomic mass is 35.5. The van der Waals surface area contributed by atoms with Gasteiger partial charge in [-0.25, -0.2) is 9.78 Å². The third-order valence-corrected chi connectivity index (χ3v) is 6.70. The van der Waals surface area contributed by atoms with E-state index >= 15 is 0 Å². The van der Waals surface area contributed by atoms with Crippen molar-refractivity contribution >= 4 is 40.5 Å². The molecule has 1 aliphatic carbocycles. The van der Waals surface area contributed by atoms with E-state index < -0.39 is 17.6 Å². The zero-order valence-corrected chi connectivity index (χ0v) is 19.3. The Hall–Kier alpha value is -2.55. The standard InChI is InChI=1S/C22H18Cl2N2O5S/c1-2-29-22(28)13-9-26-15(6-16(13)27)12-5-14(23)18(30-10-11-3-4-11)7-17(12)31-21(26)20-25-8-19(24)32-20/h5-9,11,21H,2-4,10H2,1H3. The Bertz CT molecular complexity index is 1270. The number of aromatic nitrogens is 2. The Morgan fingerprint density at radius 2 is 2.12 bits per heavy atom. The van der Waals surface area contributed by atoms with Gasteiger partial charge in [0.15, 0.2) is 10.4 Å². The number of hydrogen-bond donors (Lipinski definition) is 0. The van der Waals surface area contributed by atoms with Crippen molar-refractivity contribution < 1.29 is 19.0 Å². The zero-order valence-electron chi connectivity index (χ0n) is 17.0. The summed E-state index contributed by atoms with van der Waals surface area (Å²) in [4.78, 5) is 29.4. The fourth-order valence-corrected chi connectivity index (χ4v) is 4.66. The molecule has 0 spiro atoms. The van der Waals surface area contributed by atoms with Crippen LogP contribution in [0.2, 0.25) is 9.36 Å². The van der Waals surface area contributed by atoms with Crippen molar-refractivity contribution in [2.75, 3.05) is 13.2 Å². The van der Waals surface area contributed by atoms with Crippen LogP contribution in [0.4, 0.5) is 0 Å². The van der Waals surface area contributed by atoms with E-state index in [-0.39, 0.29) is 12.2 Å². The van der Waals surface area contributed by atoms with Crippen molar-refractivity contribution in [2.24, 2.45) is 5.92 Å². The summed E-state index contributed by atoms with van der Waals surface area (Å²) in [5.41, 5.74) is 0.603. The van der Waals surface area contributed by atoms with Crippen molar-refractivity contribution in [1.29, 1.82) is 0 Å². The Labute approximate surface area is 197 Å². The van der Waals surface area contributed by atoms with E-state index in [1.807, 2.05) is 0 Å². The molecule has 1 atom stereocenters. The lowest BCUT2D eigenvalue weighted by atomic mass is 10.1. The number of nitrogens with zero attached hydrogens (tertiary/aromatic N) is 2. The van der Waals surface area contributed by atoms with Gasteiger partial charge in [-0.2, -0.15) is 0 Å². The average Bonchev–Trinajstić information content (AvgIpc) is 3.50. The van der Waals surface area contributed by atoms with Crippen LogP contribution in [0.15, 0.2) is 35.4 Å². The predicted molar refractivity (Wildman–Crippen MR) is 121 cm³/mol. The molecule has 1 fully saturated rings. The van der Waals surface area contributed by atoms with E-state index in [0.717, 1.165) is 12.8 Å². The monoisotopic (exact) mass is 492 g/mol. The molecule has 1 unspecified atom stereocenters. The summed E-state index contributed by atoms with van der Waals surface area (Å²) in [7, 11) is 0. The van der Waals surface area contributed by atoms with Gasteiger partial charge >= 0.3 is 5.97 Å². The SMILES string of the molecule is CCOC(=O)c1cn2c(cc1=O)-c1cc(Cl)c(OCC3CC3)cc1OC2c1ncc(Cl)s1. The molecule has 5 rings (SSSR count). The summed E-state index contributed by atoms with van der Waals surface area (Å²) in [5.74, 6) is 0.886. The highest BCUT2D eigenvalue weighted by molar-refractivity contribution is 7.15. The lowest BCUT2D eigenvalue weighted by molar-refractivity contribution is 0.0522. The molecule has 0 radical (unpaired) electrons. The molecule has 2 aromatic heterocycles. The maximum Gasteiger partial charge on any atom is 0.343 e. The van der Waals surface area contributed by atoms with Crippen LogP contribution in [-0.4, -0.2) is 28.7 Å². The molecule has 0 amide bonds. The van der Waals surface area contributed by atoms with Gasteiger partial charge in [0.05, 0.1) is 30.1 Å². The number of carbonyl (C=O) groups is 1. The third-order valence-electron chi connectivity index (χ3n) is 5.25. The fraction of sp³-hybridized carbons (Fsp3) is 0.318. The number of halogens is 2. The summed E-state index contributed by atoms with van der Waals surface area (Å²) < 4.78 is 19.4. The minimum atomic E-state index is -0.735. The van der Waals surface area contributed by atoms with E-state index in [1.165, 1.54) is 29.8 Å². The quantitative estimate of drug-likeness (QED) is 0.440. The Kier molecular flexibility index (Phi) is 5.61.